The van der Waals surface area contributed by atoms with E-state index in [1.54, 1.807) is 4.31 Å². The lowest BCUT2D eigenvalue weighted by atomic mass is 9.73. The van der Waals surface area contributed by atoms with Crippen molar-refractivity contribution in [2.24, 2.45) is 17.3 Å². The summed E-state index contributed by atoms with van der Waals surface area (Å²) >= 11 is 0. The largest absolute Gasteiger partial charge is 0.396 e. The Bertz CT molecular complexity index is 490. The fraction of sp³-hybridized carbons (Fsp3) is 1.00. The molecule has 22 heavy (non-hydrogen) atoms. The molecular formula is C16H30N2O3S. The van der Waals surface area contributed by atoms with E-state index in [0.29, 0.717) is 13.1 Å². The third kappa shape index (κ3) is 3.35. The molecule has 0 bridgehead atoms. The third-order valence-corrected chi connectivity index (χ3v) is 7.43. The van der Waals surface area contributed by atoms with Gasteiger partial charge in [-0.2, -0.15) is 0 Å². The first-order valence-electron chi connectivity index (χ1n) is 8.71. The maximum absolute atomic E-state index is 11.9. The molecule has 0 aromatic carbocycles. The highest BCUT2D eigenvalue weighted by atomic mass is 32.2. The second-order valence-electron chi connectivity index (χ2n) is 7.79. The normalized spacial score (nSPS) is 35.6. The van der Waals surface area contributed by atoms with E-state index < -0.39 is 10.0 Å². The van der Waals surface area contributed by atoms with E-state index in [1.807, 2.05) is 0 Å². The van der Waals surface area contributed by atoms with Crippen LogP contribution in [0.15, 0.2) is 0 Å². The number of fused-ring (bicyclic) bond motifs is 1. The predicted molar refractivity (Wildman–Crippen MR) is 87.1 cm³/mol. The van der Waals surface area contributed by atoms with Gasteiger partial charge < -0.3 is 10.0 Å². The molecule has 0 unspecified atom stereocenters. The minimum atomic E-state index is -3.15. The average Bonchev–Trinajstić information content (AvgIpc) is 2.88. The molecule has 3 fully saturated rings. The van der Waals surface area contributed by atoms with Gasteiger partial charge >= 0.3 is 0 Å². The van der Waals surface area contributed by atoms with Crippen LogP contribution in [0, 0.1) is 17.3 Å². The Hall–Kier alpha value is -0.170. The zero-order valence-corrected chi connectivity index (χ0v) is 14.5. The Morgan fingerprint density at radius 1 is 1.18 bits per heavy atom. The van der Waals surface area contributed by atoms with Gasteiger partial charge in [-0.25, -0.2) is 12.7 Å². The Kier molecular flexibility index (Phi) is 4.84. The molecule has 0 aromatic rings. The van der Waals surface area contributed by atoms with Gasteiger partial charge in [0.05, 0.1) is 12.9 Å². The highest BCUT2D eigenvalue weighted by molar-refractivity contribution is 7.88. The van der Waals surface area contributed by atoms with Crippen LogP contribution < -0.4 is 0 Å². The summed E-state index contributed by atoms with van der Waals surface area (Å²) < 4.78 is 25.3. The van der Waals surface area contributed by atoms with Gasteiger partial charge in [0.2, 0.25) is 10.0 Å². The maximum atomic E-state index is 11.9. The summed E-state index contributed by atoms with van der Waals surface area (Å²) in [6, 6.07) is 0. The lowest BCUT2D eigenvalue weighted by Gasteiger charge is -2.43. The first-order valence-corrected chi connectivity index (χ1v) is 10.6. The molecule has 0 spiro atoms. The molecule has 2 aliphatic heterocycles. The van der Waals surface area contributed by atoms with Crippen molar-refractivity contribution in [1.29, 1.82) is 0 Å². The van der Waals surface area contributed by atoms with Crippen molar-refractivity contribution in [2.75, 3.05) is 45.6 Å². The number of nitrogens with zero attached hydrogens (tertiary/aromatic N) is 2. The van der Waals surface area contributed by atoms with E-state index in [-0.39, 0.29) is 17.9 Å². The van der Waals surface area contributed by atoms with E-state index in [9.17, 15) is 13.5 Å². The van der Waals surface area contributed by atoms with Gasteiger partial charge in [0.25, 0.3) is 0 Å². The monoisotopic (exact) mass is 330 g/mol. The topological polar surface area (TPSA) is 60.9 Å². The van der Waals surface area contributed by atoms with Gasteiger partial charge in [-0.1, -0.05) is 19.3 Å². The van der Waals surface area contributed by atoms with Crippen molar-refractivity contribution in [1.82, 2.24) is 9.21 Å². The number of rotatable bonds is 4. The lowest BCUT2D eigenvalue weighted by Crippen LogP contribution is -2.49. The summed E-state index contributed by atoms with van der Waals surface area (Å²) in [5.41, 5.74) is -0.202. The van der Waals surface area contributed by atoms with E-state index >= 15 is 0 Å². The quantitative estimate of drug-likeness (QED) is 0.840. The molecule has 0 amide bonds. The lowest BCUT2D eigenvalue weighted by molar-refractivity contribution is 0.0125. The zero-order chi connectivity index (χ0) is 15.8. The van der Waals surface area contributed by atoms with Gasteiger partial charge in [-0.15, -0.1) is 0 Å². The number of piperidine rings is 1. The maximum Gasteiger partial charge on any atom is 0.211 e. The second-order valence-corrected chi connectivity index (χ2v) is 9.77. The summed E-state index contributed by atoms with van der Waals surface area (Å²) in [5.74, 6) is 1.10. The number of hydrogen-bond acceptors (Lipinski definition) is 4. The van der Waals surface area contributed by atoms with Crippen LogP contribution in [0.25, 0.3) is 0 Å². The van der Waals surface area contributed by atoms with E-state index in [1.165, 1.54) is 38.4 Å². The van der Waals surface area contributed by atoms with Crippen LogP contribution in [0.3, 0.4) is 0 Å². The third-order valence-electron chi connectivity index (χ3n) is 6.21. The summed E-state index contributed by atoms with van der Waals surface area (Å²) in [6.45, 7) is 4.32. The molecule has 3 aliphatic rings. The first-order chi connectivity index (χ1) is 10.4. The minimum Gasteiger partial charge on any atom is -0.396 e. The second kappa shape index (κ2) is 6.38. The van der Waals surface area contributed by atoms with Crippen molar-refractivity contribution in [2.45, 2.75) is 38.5 Å². The molecule has 2 saturated heterocycles. The molecule has 128 valence electrons. The van der Waals surface area contributed by atoms with Crippen molar-refractivity contribution in [3.8, 4) is 0 Å². The van der Waals surface area contributed by atoms with Gasteiger partial charge in [-0.3, -0.25) is 0 Å². The molecule has 2 atom stereocenters. The summed E-state index contributed by atoms with van der Waals surface area (Å²) in [4.78, 5) is 2.53. The van der Waals surface area contributed by atoms with Crippen molar-refractivity contribution in [3.05, 3.63) is 0 Å². The molecule has 1 N–H and O–H groups in total. The summed E-state index contributed by atoms with van der Waals surface area (Å²) in [5, 5.41) is 9.90. The van der Waals surface area contributed by atoms with Crippen LogP contribution in [0.4, 0.5) is 0 Å². The van der Waals surface area contributed by atoms with Gasteiger partial charge in [0.1, 0.15) is 0 Å². The van der Waals surface area contributed by atoms with Crippen molar-refractivity contribution >= 4 is 10.0 Å². The zero-order valence-electron chi connectivity index (χ0n) is 13.7. The smallest absolute Gasteiger partial charge is 0.211 e. The first kappa shape index (κ1) is 16.7. The standard InChI is InChI=1S/C16H30N2O3S/c1-22(20,21)18-11-15-10-17(8-7-16(15,12-18)13-19)9-14-5-3-2-4-6-14/h14-15,19H,2-13H2,1H3/t15-,16+/m1/s1. The molecule has 0 aromatic heterocycles. The number of likely N-dealkylation sites (tertiary alicyclic amines) is 1. The van der Waals surface area contributed by atoms with Gasteiger partial charge in [0, 0.05) is 31.6 Å². The highest BCUT2D eigenvalue weighted by Crippen LogP contribution is 2.43. The number of sulfonamides is 1. The molecule has 1 aliphatic carbocycles. The average molecular weight is 330 g/mol. The van der Waals surface area contributed by atoms with E-state index in [0.717, 1.165) is 32.0 Å². The van der Waals surface area contributed by atoms with Crippen molar-refractivity contribution in [3.63, 3.8) is 0 Å². The molecule has 1 saturated carbocycles. The Morgan fingerprint density at radius 3 is 2.55 bits per heavy atom. The van der Waals surface area contributed by atoms with Gasteiger partial charge in [0.15, 0.2) is 0 Å². The Balaban J connectivity index is 1.63. The van der Waals surface area contributed by atoms with Gasteiger partial charge in [-0.05, 0) is 37.6 Å². The van der Waals surface area contributed by atoms with E-state index in [2.05, 4.69) is 4.90 Å². The van der Waals surface area contributed by atoms with Crippen LogP contribution >= 0.6 is 0 Å². The van der Waals surface area contributed by atoms with Crippen LogP contribution in [-0.4, -0.2) is 68.3 Å². The molecule has 0 radical (unpaired) electrons. The Morgan fingerprint density at radius 2 is 1.91 bits per heavy atom. The summed E-state index contributed by atoms with van der Waals surface area (Å²) in [7, 11) is -3.15. The molecule has 3 rings (SSSR count). The number of aliphatic hydroxyl groups excluding tert-OH is 1. The van der Waals surface area contributed by atoms with Crippen molar-refractivity contribution < 1.29 is 13.5 Å². The van der Waals surface area contributed by atoms with Crippen LogP contribution in [0.1, 0.15) is 38.5 Å². The Labute approximate surface area is 134 Å². The number of hydrogen-bond donors (Lipinski definition) is 1. The fourth-order valence-corrected chi connectivity index (χ4v) is 5.66. The number of aliphatic hydroxyl groups is 1. The SMILES string of the molecule is CS(=O)(=O)N1C[C@H]2CN(CC3CCCCC3)CC[C@@]2(CO)C1. The predicted octanol–water partition coefficient (Wildman–Crippen LogP) is 1.14. The molecule has 2 heterocycles. The fourth-order valence-electron chi connectivity index (χ4n) is 4.71. The minimum absolute atomic E-state index is 0.112. The summed E-state index contributed by atoms with van der Waals surface area (Å²) in [6.07, 6.45) is 9.02. The highest BCUT2D eigenvalue weighted by Gasteiger charge is 2.51. The van der Waals surface area contributed by atoms with Crippen LogP contribution in [-0.2, 0) is 10.0 Å². The molecular weight excluding hydrogens is 300 g/mol. The molecule has 6 heteroatoms. The van der Waals surface area contributed by atoms with Crippen LogP contribution in [0.5, 0.6) is 0 Å². The van der Waals surface area contributed by atoms with E-state index in [4.69, 9.17) is 0 Å². The molecule has 5 nitrogen and oxygen atoms in total. The van der Waals surface area contributed by atoms with Crippen LogP contribution in [0.2, 0.25) is 0 Å².